The molecular formula is C14H20ClF3N2OS. The highest BCUT2D eigenvalue weighted by molar-refractivity contribution is 8.00. The number of carbonyl (C=O) groups is 1. The molecule has 8 heteroatoms. The van der Waals surface area contributed by atoms with Crippen LogP contribution in [0.25, 0.3) is 0 Å². The van der Waals surface area contributed by atoms with Crippen LogP contribution in [0.15, 0.2) is 24.3 Å². The average molecular weight is 357 g/mol. The van der Waals surface area contributed by atoms with Crippen LogP contribution in [0, 0.1) is 0 Å². The van der Waals surface area contributed by atoms with Crippen molar-refractivity contribution in [2.45, 2.75) is 31.3 Å². The Morgan fingerprint density at radius 1 is 1.23 bits per heavy atom. The number of amides is 1. The molecular weight excluding hydrogens is 337 g/mol. The van der Waals surface area contributed by atoms with E-state index < -0.39 is 23.2 Å². The van der Waals surface area contributed by atoms with Gasteiger partial charge in [0.15, 0.2) is 0 Å². The molecule has 1 aromatic rings. The van der Waals surface area contributed by atoms with E-state index in [0.717, 1.165) is 5.56 Å². The van der Waals surface area contributed by atoms with Crippen LogP contribution in [0.4, 0.5) is 13.2 Å². The predicted molar refractivity (Wildman–Crippen MR) is 86.2 cm³/mol. The van der Waals surface area contributed by atoms with E-state index in [1.54, 1.807) is 0 Å². The molecule has 1 atom stereocenters. The third-order valence-corrected chi connectivity index (χ3v) is 3.65. The van der Waals surface area contributed by atoms with Crippen molar-refractivity contribution in [2.75, 3.05) is 12.3 Å². The van der Waals surface area contributed by atoms with Gasteiger partial charge in [0.2, 0.25) is 5.91 Å². The van der Waals surface area contributed by atoms with E-state index in [0.29, 0.717) is 5.92 Å². The van der Waals surface area contributed by atoms with Crippen molar-refractivity contribution in [3.63, 3.8) is 0 Å². The van der Waals surface area contributed by atoms with Crippen molar-refractivity contribution in [1.82, 2.24) is 5.32 Å². The summed E-state index contributed by atoms with van der Waals surface area (Å²) < 4.78 is 35.8. The summed E-state index contributed by atoms with van der Waals surface area (Å²) in [5.41, 5.74) is 3.52. The third-order valence-electron chi connectivity index (χ3n) is 2.92. The summed E-state index contributed by atoms with van der Waals surface area (Å²) in [5, 5.41) is 2.41. The minimum Gasteiger partial charge on any atom is -0.353 e. The van der Waals surface area contributed by atoms with E-state index >= 15 is 0 Å². The van der Waals surface area contributed by atoms with E-state index in [-0.39, 0.29) is 30.7 Å². The molecule has 0 bridgehead atoms. The van der Waals surface area contributed by atoms with Gasteiger partial charge in [0.25, 0.3) is 0 Å². The second kappa shape index (κ2) is 9.27. The Labute approximate surface area is 138 Å². The molecule has 0 heterocycles. The minimum absolute atomic E-state index is 0. The maximum Gasteiger partial charge on any atom is 0.442 e. The Kier molecular flexibility index (Phi) is 8.88. The average Bonchev–Trinajstić information content (AvgIpc) is 2.41. The third kappa shape index (κ3) is 7.91. The molecule has 3 nitrogen and oxygen atoms in total. The fourth-order valence-corrected chi connectivity index (χ4v) is 2.06. The Hall–Kier alpha value is -0.920. The topological polar surface area (TPSA) is 55.1 Å². The highest BCUT2D eigenvalue weighted by atomic mass is 35.5. The second-order valence-corrected chi connectivity index (χ2v) is 6.01. The summed E-state index contributed by atoms with van der Waals surface area (Å²) >= 11 is -0.359. The first-order valence-electron chi connectivity index (χ1n) is 6.52. The monoisotopic (exact) mass is 356 g/mol. The summed E-state index contributed by atoms with van der Waals surface area (Å²) in [6.45, 7) is 4.26. The summed E-state index contributed by atoms with van der Waals surface area (Å²) in [6.07, 6.45) is 0. The molecule has 0 radical (unpaired) electrons. The number of hydrogen-bond donors (Lipinski definition) is 2. The fraction of sp³-hybridized carbons (Fsp3) is 0.500. The predicted octanol–water partition coefficient (Wildman–Crippen LogP) is 3.60. The number of nitrogens with one attached hydrogen (secondary N) is 1. The zero-order valence-corrected chi connectivity index (χ0v) is 13.9. The van der Waals surface area contributed by atoms with Gasteiger partial charge in [0, 0.05) is 12.6 Å². The maximum atomic E-state index is 11.9. The first kappa shape index (κ1) is 21.1. The molecule has 1 rings (SSSR count). The van der Waals surface area contributed by atoms with Crippen molar-refractivity contribution in [3.8, 4) is 0 Å². The van der Waals surface area contributed by atoms with Gasteiger partial charge in [-0.15, -0.1) is 12.4 Å². The molecule has 1 unspecified atom stereocenters. The molecule has 0 aromatic heterocycles. The quantitative estimate of drug-likeness (QED) is 0.818. The van der Waals surface area contributed by atoms with Crippen molar-refractivity contribution < 1.29 is 18.0 Å². The van der Waals surface area contributed by atoms with Crippen LogP contribution >= 0.6 is 24.2 Å². The van der Waals surface area contributed by atoms with Crippen molar-refractivity contribution in [3.05, 3.63) is 35.4 Å². The van der Waals surface area contributed by atoms with E-state index in [1.165, 1.54) is 5.56 Å². The summed E-state index contributed by atoms with van der Waals surface area (Å²) in [5.74, 6) is -0.913. The second-order valence-electron chi connectivity index (χ2n) is 4.97. The Morgan fingerprint density at radius 3 is 2.18 bits per heavy atom. The lowest BCUT2D eigenvalue weighted by Gasteiger charge is -2.14. The van der Waals surface area contributed by atoms with Crippen LogP contribution in [0.5, 0.6) is 0 Å². The van der Waals surface area contributed by atoms with Gasteiger partial charge in [-0.1, -0.05) is 38.1 Å². The molecule has 3 N–H and O–H groups in total. The molecule has 0 spiro atoms. The van der Waals surface area contributed by atoms with Gasteiger partial charge in [-0.2, -0.15) is 13.2 Å². The minimum atomic E-state index is -4.40. The number of halogens is 4. The van der Waals surface area contributed by atoms with Gasteiger partial charge in [-0.05, 0) is 28.8 Å². The lowest BCUT2D eigenvalue weighted by Crippen LogP contribution is -2.33. The van der Waals surface area contributed by atoms with Crippen LogP contribution in [0.3, 0.4) is 0 Å². The normalized spacial score (nSPS) is 12.7. The largest absolute Gasteiger partial charge is 0.442 e. The number of rotatable bonds is 6. The fourth-order valence-electron chi connectivity index (χ4n) is 1.67. The number of carbonyl (C=O) groups excluding carboxylic acids is 1. The molecule has 1 amide bonds. The van der Waals surface area contributed by atoms with E-state index in [2.05, 4.69) is 19.2 Å². The van der Waals surface area contributed by atoms with Crippen molar-refractivity contribution >= 4 is 30.1 Å². The van der Waals surface area contributed by atoms with Gasteiger partial charge in [-0.25, -0.2) is 0 Å². The van der Waals surface area contributed by atoms with Crippen LogP contribution in [-0.4, -0.2) is 23.7 Å². The van der Waals surface area contributed by atoms with Crippen LogP contribution < -0.4 is 11.1 Å². The summed E-state index contributed by atoms with van der Waals surface area (Å²) in [7, 11) is 0. The first-order valence-corrected chi connectivity index (χ1v) is 7.50. The van der Waals surface area contributed by atoms with Crippen molar-refractivity contribution in [1.29, 1.82) is 0 Å². The smallest absolute Gasteiger partial charge is 0.353 e. The maximum absolute atomic E-state index is 11.9. The van der Waals surface area contributed by atoms with Crippen LogP contribution in [-0.2, 0) is 4.79 Å². The lowest BCUT2D eigenvalue weighted by atomic mass is 9.99. The molecule has 1 aromatic carbocycles. The number of benzene rings is 1. The summed E-state index contributed by atoms with van der Waals surface area (Å²) in [6, 6.07) is 7.22. The number of alkyl halides is 3. The number of thioether (sulfide) groups is 1. The van der Waals surface area contributed by atoms with E-state index in [4.69, 9.17) is 5.73 Å². The Bertz CT molecular complexity index is 466. The standard InChI is InChI=1S/C14H19F3N2OS.ClH/c1-9(2)10-3-5-11(6-4-10)12(18)7-19-13(20)8-21-14(15,16)17;/h3-6,9,12H,7-8,18H2,1-2H3,(H,19,20);1H. The van der Waals surface area contributed by atoms with E-state index in [1.807, 2.05) is 24.3 Å². The molecule has 0 aliphatic heterocycles. The van der Waals surface area contributed by atoms with Crippen LogP contribution in [0.2, 0.25) is 0 Å². The molecule has 0 fully saturated rings. The van der Waals surface area contributed by atoms with Gasteiger partial charge in [0.05, 0.1) is 5.75 Å². The highest BCUT2D eigenvalue weighted by Crippen LogP contribution is 2.29. The number of nitrogens with two attached hydrogens (primary N) is 1. The SMILES string of the molecule is CC(C)c1ccc(C(N)CNC(=O)CSC(F)(F)F)cc1.Cl. The molecule has 0 aliphatic rings. The molecule has 0 saturated heterocycles. The van der Waals surface area contributed by atoms with E-state index in [9.17, 15) is 18.0 Å². The zero-order valence-electron chi connectivity index (χ0n) is 12.3. The van der Waals surface area contributed by atoms with Gasteiger partial charge >= 0.3 is 5.51 Å². The molecule has 0 aliphatic carbocycles. The summed E-state index contributed by atoms with van der Waals surface area (Å²) in [4.78, 5) is 11.3. The van der Waals surface area contributed by atoms with Crippen LogP contribution in [0.1, 0.15) is 36.9 Å². The van der Waals surface area contributed by atoms with Gasteiger partial charge in [0.1, 0.15) is 0 Å². The number of hydrogen-bond acceptors (Lipinski definition) is 3. The highest BCUT2D eigenvalue weighted by Gasteiger charge is 2.29. The molecule has 22 heavy (non-hydrogen) atoms. The first-order chi connectivity index (χ1) is 9.69. The van der Waals surface area contributed by atoms with Gasteiger partial charge in [-0.3, -0.25) is 4.79 Å². The zero-order chi connectivity index (χ0) is 16.0. The Morgan fingerprint density at radius 2 is 1.73 bits per heavy atom. The Balaban J connectivity index is 0.00000441. The molecule has 0 saturated carbocycles. The lowest BCUT2D eigenvalue weighted by molar-refractivity contribution is -0.118. The van der Waals surface area contributed by atoms with Gasteiger partial charge < -0.3 is 11.1 Å². The molecule has 126 valence electrons. The van der Waals surface area contributed by atoms with Crippen molar-refractivity contribution in [2.24, 2.45) is 5.73 Å².